The van der Waals surface area contributed by atoms with Crippen LogP contribution in [0.5, 0.6) is 0 Å². The fourth-order valence-electron chi connectivity index (χ4n) is 2.18. The smallest absolute Gasteiger partial charge is 0.229 e. The van der Waals surface area contributed by atoms with Crippen LogP contribution in [-0.4, -0.2) is 43.5 Å². The Bertz CT molecular complexity index is 507. The number of ether oxygens (including phenoxy) is 1. The average molecular weight is 280 g/mol. The number of benzene rings is 1. The van der Waals surface area contributed by atoms with Crippen molar-refractivity contribution in [3.05, 3.63) is 30.1 Å². The van der Waals surface area contributed by atoms with Crippen molar-refractivity contribution in [2.24, 2.45) is 5.92 Å². The van der Waals surface area contributed by atoms with Gasteiger partial charge in [0.05, 0.1) is 12.5 Å². The molecule has 1 fully saturated rings. The minimum atomic E-state index is -0.410. The van der Waals surface area contributed by atoms with E-state index in [-0.39, 0.29) is 18.2 Å². The van der Waals surface area contributed by atoms with Crippen molar-refractivity contribution in [1.82, 2.24) is 4.90 Å². The van der Waals surface area contributed by atoms with E-state index in [9.17, 15) is 14.0 Å². The van der Waals surface area contributed by atoms with Crippen LogP contribution in [0.3, 0.4) is 0 Å². The fraction of sp³-hybridized carbons (Fsp3) is 0.429. The number of hydrogen-bond acceptors (Lipinski definition) is 3. The maximum Gasteiger partial charge on any atom is 0.229 e. The van der Waals surface area contributed by atoms with Crippen molar-refractivity contribution in [3.63, 3.8) is 0 Å². The molecule has 1 heterocycles. The molecule has 0 saturated carbocycles. The van der Waals surface area contributed by atoms with E-state index in [1.54, 1.807) is 18.1 Å². The van der Waals surface area contributed by atoms with Gasteiger partial charge in [0.25, 0.3) is 0 Å². The monoisotopic (exact) mass is 280 g/mol. The molecular formula is C14H17FN2O3. The predicted octanol–water partition coefficient (Wildman–Crippen LogP) is 1.26. The molecule has 0 spiro atoms. The van der Waals surface area contributed by atoms with Crippen molar-refractivity contribution < 1.29 is 18.7 Å². The van der Waals surface area contributed by atoms with Crippen molar-refractivity contribution in [2.45, 2.75) is 6.42 Å². The standard InChI is InChI=1S/C14H17FN2O3/c1-20-6-5-17-9-10(7-13(17)18)14(19)16-12-4-2-3-11(15)8-12/h2-4,8,10H,5-7,9H2,1H3,(H,16,19)/t10-/m0/s1. The Balaban J connectivity index is 1.92. The summed E-state index contributed by atoms with van der Waals surface area (Å²) in [5, 5.41) is 2.63. The molecule has 1 atom stereocenters. The number of halogens is 1. The molecule has 108 valence electrons. The van der Waals surface area contributed by atoms with Crippen molar-refractivity contribution in [1.29, 1.82) is 0 Å². The van der Waals surface area contributed by atoms with Gasteiger partial charge in [-0.25, -0.2) is 4.39 Å². The van der Waals surface area contributed by atoms with Crippen LogP contribution in [0.15, 0.2) is 24.3 Å². The number of nitrogens with zero attached hydrogens (tertiary/aromatic N) is 1. The normalized spacial score (nSPS) is 18.4. The van der Waals surface area contributed by atoms with E-state index in [0.717, 1.165) is 0 Å². The predicted molar refractivity (Wildman–Crippen MR) is 71.6 cm³/mol. The van der Waals surface area contributed by atoms with Crippen molar-refractivity contribution in [3.8, 4) is 0 Å². The molecule has 1 aliphatic rings. The molecule has 1 saturated heterocycles. The summed E-state index contributed by atoms with van der Waals surface area (Å²) in [5.41, 5.74) is 0.401. The molecule has 2 amide bonds. The SMILES string of the molecule is COCCN1C[C@@H](C(=O)Nc2cccc(F)c2)CC1=O. The molecule has 0 aromatic heterocycles. The van der Waals surface area contributed by atoms with Crippen LogP contribution in [0.1, 0.15) is 6.42 Å². The first-order valence-electron chi connectivity index (χ1n) is 6.43. The summed E-state index contributed by atoms with van der Waals surface area (Å²) in [4.78, 5) is 25.4. The Labute approximate surface area is 116 Å². The van der Waals surface area contributed by atoms with Crippen LogP contribution in [0, 0.1) is 11.7 Å². The molecule has 1 N–H and O–H groups in total. The Kier molecular flexibility index (Phi) is 4.68. The zero-order valence-corrected chi connectivity index (χ0v) is 11.3. The first kappa shape index (κ1) is 14.5. The number of methoxy groups -OCH3 is 1. The molecule has 0 radical (unpaired) electrons. The largest absolute Gasteiger partial charge is 0.383 e. The number of amides is 2. The number of carbonyl (C=O) groups is 2. The van der Waals surface area contributed by atoms with Gasteiger partial charge in [-0.1, -0.05) is 6.07 Å². The second-order valence-electron chi connectivity index (χ2n) is 4.73. The minimum Gasteiger partial charge on any atom is -0.383 e. The van der Waals surface area contributed by atoms with Gasteiger partial charge in [0.2, 0.25) is 11.8 Å². The van der Waals surface area contributed by atoms with E-state index in [1.807, 2.05) is 0 Å². The van der Waals surface area contributed by atoms with Crippen LogP contribution in [-0.2, 0) is 14.3 Å². The van der Waals surface area contributed by atoms with Gasteiger partial charge in [-0.3, -0.25) is 9.59 Å². The molecular weight excluding hydrogens is 263 g/mol. The van der Waals surface area contributed by atoms with Gasteiger partial charge in [0.1, 0.15) is 5.82 Å². The second-order valence-corrected chi connectivity index (χ2v) is 4.73. The maximum absolute atomic E-state index is 13.0. The molecule has 2 rings (SSSR count). The number of likely N-dealkylation sites (tertiary alicyclic amines) is 1. The zero-order valence-electron chi connectivity index (χ0n) is 11.3. The average Bonchev–Trinajstić information content (AvgIpc) is 2.78. The van der Waals surface area contributed by atoms with E-state index < -0.39 is 11.7 Å². The highest BCUT2D eigenvalue weighted by Crippen LogP contribution is 2.20. The third-order valence-corrected chi connectivity index (χ3v) is 3.24. The lowest BCUT2D eigenvalue weighted by Crippen LogP contribution is -2.30. The van der Waals surface area contributed by atoms with Gasteiger partial charge >= 0.3 is 0 Å². The summed E-state index contributed by atoms with van der Waals surface area (Å²) < 4.78 is 18.0. The lowest BCUT2D eigenvalue weighted by atomic mass is 10.1. The quantitative estimate of drug-likeness (QED) is 0.883. The molecule has 0 unspecified atom stereocenters. The van der Waals surface area contributed by atoms with Gasteiger partial charge in [-0.05, 0) is 18.2 Å². The van der Waals surface area contributed by atoms with E-state index in [0.29, 0.717) is 25.4 Å². The van der Waals surface area contributed by atoms with E-state index >= 15 is 0 Å². The van der Waals surface area contributed by atoms with Crippen LogP contribution >= 0.6 is 0 Å². The van der Waals surface area contributed by atoms with E-state index in [1.165, 1.54) is 18.2 Å². The maximum atomic E-state index is 13.0. The van der Waals surface area contributed by atoms with Crippen LogP contribution in [0.4, 0.5) is 10.1 Å². The molecule has 20 heavy (non-hydrogen) atoms. The summed E-state index contributed by atoms with van der Waals surface area (Å²) in [6.45, 7) is 1.31. The first-order chi connectivity index (χ1) is 9.60. The number of carbonyl (C=O) groups excluding carboxylic acids is 2. The minimum absolute atomic E-state index is 0.0542. The molecule has 1 aromatic rings. The summed E-state index contributed by atoms with van der Waals surface area (Å²) >= 11 is 0. The van der Waals surface area contributed by atoms with Crippen LogP contribution in [0.2, 0.25) is 0 Å². The topological polar surface area (TPSA) is 58.6 Å². The molecule has 1 aliphatic heterocycles. The lowest BCUT2D eigenvalue weighted by molar-refractivity contribution is -0.128. The van der Waals surface area contributed by atoms with Crippen molar-refractivity contribution >= 4 is 17.5 Å². The highest BCUT2D eigenvalue weighted by molar-refractivity contribution is 5.97. The Hall–Kier alpha value is -1.95. The van der Waals surface area contributed by atoms with Gasteiger partial charge in [0, 0.05) is 32.3 Å². The summed E-state index contributed by atoms with van der Waals surface area (Å²) in [5.74, 6) is -1.13. The molecule has 0 bridgehead atoms. The van der Waals surface area contributed by atoms with Gasteiger partial charge in [-0.15, -0.1) is 0 Å². The molecule has 0 aliphatic carbocycles. The van der Waals surface area contributed by atoms with E-state index in [2.05, 4.69) is 5.32 Å². The summed E-state index contributed by atoms with van der Waals surface area (Å²) in [6, 6.07) is 5.69. The number of nitrogens with one attached hydrogen (secondary N) is 1. The number of anilines is 1. The number of rotatable bonds is 5. The van der Waals surface area contributed by atoms with Gasteiger partial charge in [-0.2, -0.15) is 0 Å². The lowest BCUT2D eigenvalue weighted by Gasteiger charge is -2.15. The second kappa shape index (κ2) is 6.47. The third kappa shape index (κ3) is 3.54. The van der Waals surface area contributed by atoms with Crippen molar-refractivity contribution in [2.75, 3.05) is 32.1 Å². The summed E-state index contributed by atoms with van der Waals surface area (Å²) in [7, 11) is 1.56. The zero-order chi connectivity index (χ0) is 14.5. The molecule has 1 aromatic carbocycles. The Morgan fingerprint density at radius 3 is 3.05 bits per heavy atom. The molecule has 6 heteroatoms. The third-order valence-electron chi connectivity index (χ3n) is 3.24. The van der Waals surface area contributed by atoms with Gasteiger partial charge in [0.15, 0.2) is 0 Å². The summed E-state index contributed by atoms with van der Waals surface area (Å²) in [6.07, 6.45) is 0.185. The Morgan fingerprint density at radius 2 is 2.35 bits per heavy atom. The van der Waals surface area contributed by atoms with Crippen LogP contribution in [0.25, 0.3) is 0 Å². The van der Waals surface area contributed by atoms with Gasteiger partial charge < -0.3 is 15.0 Å². The fourth-order valence-corrected chi connectivity index (χ4v) is 2.18. The van der Waals surface area contributed by atoms with E-state index in [4.69, 9.17) is 4.74 Å². The highest BCUT2D eigenvalue weighted by atomic mass is 19.1. The highest BCUT2D eigenvalue weighted by Gasteiger charge is 2.33. The Morgan fingerprint density at radius 1 is 1.55 bits per heavy atom. The first-order valence-corrected chi connectivity index (χ1v) is 6.43. The number of hydrogen-bond donors (Lipinski definition) is 1. The van der Waals surface area contributed by atoms with Crippen LogP contribution < -0.4 is 5.32 Å². The molecule has 5 nitrogen and oxygen atoms in total.